The van der Waals surface area contributed by atoms with E-state index in [2.05, 4.69) is 0 Å². The Morgan fingerprint density at radius 3 is 2.37 bits per heavy atom. The second kappa shape index (κ2) is 10.4. The fourth-order valence-corrected chi connectivity index (χ4v) is 2.20. The highest BCUT2D eigenvalue weighted by Crippen LogP contribution is 2.25. The fourth-order valence-electron chi connectivity index (χ4n) is 2.20. The standard InChI is InChI=1S/C19H21NO6.ClH/c1-12(26-18(23)14-5-3-2-4-6-14)11-25-19(24)15(20)9-13-7-8-16(21)17(22)10-13;/h2-8,10,12,15,21-22H,9,11,20H2,1H3;1H/t12-,15-;/m0./s1. The number of hydrogen-bond acceptors (Lipinski definition) is 7. The van der Waals surface area contributed by atoms with Crippen LogP contribution in [0, 0.1) is 0 Å². The summed E-state index contributed by atoms with van der Waals surface area (Å²) in [4.78, 5) is 23.9. The van der Waals surface area contributed by atoms with Gasteiger partial charge in [-0.05, 0) is 43.2 Å². The molecule has 2 aromatic rings. The summed E-state index contributed by atoms with van der Waals surface area (Å²) in [6.07, 6.45) is -0.498. The lowest BCUT2D eigenvalue weighted by Gasteiger charge is -2.16. The molecule has 0 bridgehead atoms. The van der Waals surface area contributed by atoms with Crippen LogP contribution in [-0.4, -0.2) is 40.9 Å². The number of hydrogen-bond donors (Lipinski definition) is 3. The van der Waals surface area contributed by atoms with Gasteiger partial charge in [0.1, 0.15) is 18.8 Å². The van der Waals surface area contributed by atoms with Gasteiger partial charge in [-0.25, -0.2) is 4.79 Å². The molecule has 146 valence electrons. The Morgan fingerprint density at radius 2 is 1.74 bits per heavy atom. The minimum atomic E-state index is -0.948. The summed E-state index contributed by atoms with van der Waals surface area (Å²) in [5.41, 5.74) is 6.78. The zero-order valence-corrected chi connectivity index (χ0v) is 15.5. The highest BCUT2D eigenvalue weighted by Gasteiger charge is 2.19. The molecule has 0 amide bonds. The average Bonchev–Trinajstić information content (AvgIpc) is 2.63. The summed E-state index contributed by atoms with van der Waals surface area (Å²) < 4.78 is 10.3. The number of aromatic hydroxyl groups is 2. The number of esters is 2. The van der Waals surface area contributed by atoms with Gasteiger partial charge in [-0.1, -0.05) is 24.3 Å². The molecule has 0 aliphatic carbocycles. The number of phenolic OH excluding ortho intramolecular Hbond substituents is 2. The van der Waals surface area contributed by atoms with Crippen LogP contribution in [0.4, 0.5) is 0 Å². The van der Waals surface area contributed by atoms with E-state index in [9.17, 15) is 19.8 Å². The van der Waals surface area contributed by atoms with Gasteiger partial charge in [-0.3, -0.25) is 4.79 Å². The number of carbonyl (C=O) groups is 2. The van der Waals surface area contributed by atoms with Crippen molar-refractivity contribution >= 4 is 24.3 Å². The number of phenols is 2. The van der Waals surface area contributed by atoms with Gasteiger partial charge in [0.05, 0.1) is 5.56 Å². The lowest BCUT2D eigenvalue weighted by atomic mass is 10.1. The summed E-state index contributed by atoms with van der Waals surface area (Å²) in [6, 6.07) is 11.7. The Labute approximate surface area is 163 Å². The number of benzene rings is 2. The van der Waals surface area contributed by atoms with Crippen LogP contribution >= 0.6 is 12.4 Å². The van der Waals surface area contributed by atoms with Gasteiger partial charge in [0.2, 0.25) is 0 Å². The first kappa shape index (κ1) is 22.3. The molecule has 0 unspecified atom stereocenters. The molecule has 0 heterocycles. The summed E-state index contributed by atoms with van der Waals surface area (Å²) >= 11 is 0. The maximum Gasteiger partial charge on any atom is 0.338 e. The van der Waals surface area contributed by atoms with Crippen LogP contribution in [0.3, 0.4) is 0 Å². The molecule has 0 radical (unpaired) electrons. The van der Waals surface area contributed by atoms with Crippen molar-refractivity contribution in [2.75, 3.05) is 6.61 Å². The van der Waals surface area contributed by atoms with Crippen LogP contribution < -0.4 is 5.73 Å². The normalized spacial score (nSPS) is 12.4. The molecule has 0 saturated heterocycles. The number of carbonyl (C=O) groups excluding carboxylic acids is 2. The van der Waals surface area contributed by atoms with Gasteiger partial charge >= 0.3 is 11.9 Å². The van der Waals surface area contributed by atoms with Crippen LogP contribution in [0.15, 0.2) is 48.5 Å². The maximum absolute atomic E-state index is 12.0. The molecular weight excluding hydrogens is 374 g/mol. The van der Waals surface area contributed by atoms with Crippen molar-refractivity contribution < 1.29 is 29.3 Å². The van der Waals surface area contributed by atoms with E-state index < -0.39 is 24.1 Å². The van der Waals surface area contributed by atoms with Crippen LogP contribution in [0.25, 0.3) is 0 Å². The lowest BCUT2D eigenvalue weighted by Crippen LogP contribution is -2.36. The molecule has 0 aromatic heterocycles. The first-order chi connectivity index (χ1) is 12.4. The molecule has 8 heteroatoms. The third kappa shape index (κ3) is 6.80. The Bertz CT molecular complexity index is 768. The summed E-state index contributed by atoms with van der Waals surface area (Å²) in [6.45, 7) is 1.49. The van der Waals surface area contributed by atoms with Gasteiger partial charge in [0, 0.05) is 0 Å². The molecule has 27 heavy (non-hydrogen) atoms. The predicted octanol–water partition coefficient (Wildman–Crippen LogP) is 2.18. The van der Waals surface area contributed by atoms with Gasteiger partial charge in [-0.2, -0.15) is 0 Å². The van der Waals surface area contributed by atoms with Crippen LogP contribution in [-0.2, 0) is 20.7 Å². The summed E-state index contributed by atoms with van der Waals surface area (Å²) in [7, 11) is 0. The highest BCUT2D eigenvalue weighted by molar-refractivity contribution is 5.89. The molecule has 0 spiro atoms. The van der Waals surface area contributed by atoms with E-state index >= 15 is 0 Å². The minimum Gasteiger partial charge on any atom is -0.504 e. The van der Waals surface area contributed by atoms with Crippen molar-refractivity contribution in [1.29, 1.82) is 0 Å². The number of rotatable bonds is 7. The monoisotopic (exact) mass is 395 g/mol. The van der Waals surface area contributed by atoms with E-state index in [0.717, 1.165) is 0 Å². The summed E-state index contributed by atoms with van der Waals surface area (Å²) in [5.74, 6) is -1.69. The SMILES string of the molecule is C[C@@H](COC(=O)[C@@H](N)Cc1ccc(O)c(O)c1)OC(=O)c1ccccc1.Cl. The third-order valence-electron chi connectivity index (χ3n) is 3.58. The van der Waals surface area contributed by atoms with Crippen LogP contribution in [0.2, 0.25) is 0 Å². The van der Waals surface area contributed by atoms with Gasteiger partial charge < -0.3 is 25.4 Å². The predicted molar refractivity (Wildman–Crippen MR) is 101 cm³/mol. The molecule has 0 aliphatic rings. The molecule has 0 aliphatic heterocycles. The van der Waals surface area contributed by atoms with Crippen molar-refractivity contribution in [3.63, 3.8) is 0 Å². The molecule has 2 rings (SSSR count). The minimum absolute atomic E-state index is 0. The van der Waals surface area contributed by atoms with E-state index in [1.54, 1.807) is 43.3 Å². The maximum atomic E-state index is 12.0. The molecular formula is C19H22ClNO6. The van der Waals surface area contributed by atoms with Crippen molar-refractivity contribution in [2.24, 2.45) is 5.73 Å². The van der Waals surface area contributed by atoms with E-state index in [0.29, 0.717) is 11.1 Å². The van der Waals surface area contributed by atoms with E-state index in [1.165, 1.54) is 12.1 Å². The van der Waals surface area contributed by atoms with Crippen LogP contribution in [0.5, 0.6) is 11.5 Å². The van der Waals surface area contributed by atoms with E-state index in [1.807, 2.05) is 0 Å². The zero-order valence-electron chi connectivity index (χ0n) is 14.7. The topological polar surface area (TPSA) is 119 Å². The third-order valence-corrected chi connectivity index (χ3v) is 3.58. The average molecular weight is 396 g/mol. The zero-order chi connectivity index (χ0) is 19.1. The number of ether oxygens (including phenoxy) is 2. The van der Waals surface area contributed by atoms with E-state index in [-0.39, 0.29) is 36.9 Å². The smallest absolute Gasteiger partial charge is 0.338 e. The Hall–Kier alpha value is -2.77. The quantitative estimate of drug-likeness (QED) is 0.485. The number of nitrogens with two attached hydrogens (primary N) is 1. The largest absolute Gasteiger partial charge is 0.504 e. The lowest BCUT2D eigenvalue weighted by molar-refractivity contribution is -0.148. The molecule has 2 aromatic carbocycles. The second-order valence-corrected chi connectivity index (χ2v) is 5.85. The Morgan fingerprint density at radius 1 is 1.07 bits per heavy atom. The fraction of sp³-hybridized carbons (Fsp3) is 0.263. The Balaban J connectivity index is 0.00000364. The van der Waals surface area contributed by atoms with Gasteiger partial charge in [0.25, 0.3) is 0 Å². The molecule has 7 nitrogen and oxygen atoms in total. The molecule has 4 N–H and O–H groups in total. The second-order valence-electron chi connectivity index (χ2n) is 5.85. The van der Waals surface area contributed by atoms with Crippen molar-refractivity contribution in [2.45, 2.75) is 25.5 Å². The molecule has 0 fully saturated rings. The van der Waals surface area contributed by atoms with Crippen molar-refractivity contribution in [3.8, 4) is 11.5 Å². The molecule has 0 saturated carbocycles. The Kier molecular flexibility index (Phi) is 8.58. The number of halogens is 1. The van der Waals surface area contributed by atoms with Crippen molar-refractivity contribution in [1.82, 2.24) is 0 Å². The molecule has 2 atom stereocenters. The highest BCUT2D eigenvalue weighted by atomic mass is 35.5. The van der Waals surface area contributed by atoms with E-state index in [4.69, 9.17) is 15.2 Å². The van der Waals surface area contributed by atoms with Crippen molar-refractivity contribution in [3.05, 3.63) is 59.7 Å². The summed E-state index contributed by atoms with van der Waals surface area (Å²) in [5, 5.41) is 18.7. The first-order valence-corrected chi connectivity index (χ1v) is 8.06. The van der Waals surface area contributed by atoms with Gasteiger partial charge in [-0.15, -0.1) is 12.4 Å². The first-order valence-electron chi connectivity index (χ1n) is 8.06. The van der Waals surface area contributed by atoms with Gasteiger partial charge in [0.15, 0.2) is 11.5 Å². The van der Waals surface area contributed by atoms with Crippen LogP contribution in [0.1, 0.15) is 22.8 Å².